The number of benzene rings is 1. The van der Waals surface area contributed by atoms with E-state index in [1.165, 1.54) is 0 Å². The quantitative estimate of drug-likeness (QED) is 0.763. The van der Waals surface area contributed by atoms with Crippen molar-refractivity contribution in [2.75, 3.05) is 19.7 Å². The molecule has 0 aromatic heterocycles. The van der Waals surface area contributed by atoms with Gasteiger partial charge in [-0.15, -0.1) is 0 Å². The molecule has 0 spiro atoms. The molecule has 98 valence electrons. The predicted octanol–water partition coefficient (Wildman–Crippen LogP) is 1.32. The van der Waals surface area contributed by atoms with E-state index in [2.05, 4.69) is 6.07 Å². The van der Waals surface area contributed by atoms with E-state index in [-0.39, 0.29) is 12.6 Å². The largest absolute Gasteiger partial charge is 0.394 e. The molecule has 1 rings (SSSR count). The second-order valence-corrected chi connectivity index (χ2v) is 4.33. The zero-order valence-electron chi connectivity index (χ0n) is 10.7. The first kappa shape index (κ1) is 14.7. The Hall–Kier alpha value is -1.41. The minimum atomic E-state index is -0.769. The highest BCUT2D eigenvalue weighted by Gasteiger charge is 2.18. The first-order valence-electron chi connectivity index (χ1n) is 6.14. The van der Waals surface area contributed by atoms with Crippen molar-refractivity contribution in [1.82, 2.24) is 4.90 Å². The Morgan fingerprint density at radius 2 is 2.00 bits per heavy atom. The van der Waals surface area contributed by atoms with Gasteiger partial charge in [-0.2, -0.15) is 5.26 Å². The Morgan fingerprint density at radius 3 is 2.56 bits per heavy atom. The molecule has 0 amide bonds. The van der Waals surface area contributed by atoms with E-state index in [1.54, 1.807) is 0 Å². The van der Waals surface area contributed by atoms with Crippen LogP contribution in [0.4, 0.5) is 0 Å². The van der Waals surface area contributed by atoms with Crippen LogP contribution in [0.25, 0.3) is 0 Å². The van der Waals surface area contributed by atoms with E-state index in [0.717, 1.165) is 5.56 Å². The first-order chi connectivity index (χ1) is 8.69. The van der Waals surface area contributed by atoms with Crippen LogP contribution in [0.15, 0.2) is 30.3 Å². The molecule has 1 aromatic carbocycles. The molecule has 0 aliphatic carbocycles. The summed E-state index contributed by atoms with van der Waals surface area (Å²) in [7, 11) is 0. The van der Waals surface area contributed by atoms with Crippen LogP contribution in [-0.2, 0) is 0 Å². The van der Waals surface area contributed by atoms with Crippen LogP contribution in [0.5, 0.6) is 0 Å². The van der Waals surface area contributed by atoms with Gasteiger partial charge in [-0.1, -0.05) is 30.3 Å². The molecule has 0 bridgehead atoms. The molecule has 1 unspecified atom stereocenters. The fourth-order valence-electron chi connectivity index (χ4n) is 1.91. The zero-order chi connectivity index (χ0) is 13.4. The molecule has 4 nitrogen and oxygen atoms in total. The summed E-state index contributed by atoms with van der Waals surface area (Å²) in [5, 5.41) is 27.1. The smallest absolute Gasteiger partial charge is 0.0897 e. The van der Waals surface area contributed by atoms with Gasteiger partial charge in [0.25, 0.3) is 0 Å². The van der Waals surface area contributed by atoms with Gasteiger partial charge in [0.2, 0.25) is 0 Å². The maximum Gasteiger partial charge on any atom is 0.0897 e. The molecular weight excluding hydrogens is 228 g/mol. The van der Waals surface area contributed by atoms with Crippen molar-refractivity contribution in [2.24, 2.45) is 0 Å². The van der Waals surface area contributed by atoms with Crippen molar-refractivity contribution in [1.29, 1.82) is 5.26 Å². The van der Waals surface area contributed by atoms with Crippen LogP contribution in [-0.4, -0.2) is 40.9 Å². The summed E-state index contributed by atoms with van der Waals surface area (Å²) >= 11 is 0. The maximum atomic E-state index is 9.55. The molecule has 4 heteroatoms. The number of aliphatic hydroxyl groups excluding tert-OH is 2. The lowest BCUT2D eigenvalue weighted by Crippen LogP contribution is -2.36. The summed E-state index contributed by atoms with van der Waals surface area (Å²) in [6.45, 7) is 2.74. The first-order valence-corrected chi connectivity index (χ1v) is 6.14. The lowest BCUT2D eigenvalue weighted by atomic mass is 10.1. The number of hydrogen-bond acceptors (Lipinski definition) is 4. The summed E-state index contributed by atoms with van der Waals surface area (Å²) in [5.74, 6) is 0. The second kappa shape index (κ2) is 7.83. The lowest BCUT2D eigenvalue weighted by Gasteiger charge is -2.30. The maximum absolute atomic E-state index is 9.55. The number of nitrogens with zero attached hydrogens (tertiary/aromatic N) is 2. The minimum Gasteiger partial charge on any atom is -0.394 e. The average Bonchev–Trinajstić information content (AvgIpc) is 2.43. The van der Waals surface area contributed by atoms with E-state index in [4.69, 9.17) is 10.4 Å². The third kappa shape index (κ3) is 4.46. The van der Waals surface area contributed by atoms with Gasteiger partial charge in [0.1, 0.15) is 0 Å². The Morgan fingerprint density at radius 1 is 1.33 bits per heavy atom. The molecule has 0 aliphatic rings. The Balaban J connectivity index is 2.72. The summed E-state index contributed by atoms with van der Waals surface area (Å²) in [5.41, 5.74) is 1.14. The van der Waals surface area contributed by atoms with E-state index in [1.807, 2.05) is 42.2 Å². The van der Waals surface area contributed by atoms with Crippen LogP contribution in [0, 0.1) is 11.3 Å². The van der Waals surface area contributed by atoms with Crippen LogP contribution in [0.2, 0.25) is 0 Å². The van der Waals surface area contributed by atoms with E-state index in [0.29, 0.717) is 19.5 Å². The summed E-state index contributed by atoms with van der Waals surface area (Å²) in [4.78, 5) is 2.01. The molecule has 0 aliphatic heterocycles. The van der Waals surface area contributed by atoms with Gasteiger partial charge in [-0.25, -0.2) is 0 Å². The van der Waals surface area contributed by atoms with Gasteiger partial charge in [0.15, 0.2) is 0 Å². The van der Waals surface area contributed by atoms with Gasteiger partial charge in [-0.3, -0.25) is 4.90 Å². The molecule has 0 radical (unpaired) electrons. The van der Waals surface area contributed by atoms with Crippen molar-refractivity contribution < 1.29 is 10.2 Å². The van der Waals surface area contributed by atoms with Crippen molar-refractivity contribution in [2.45, 2.75) is 25.5 Å². The second-order valence-electron chi connectivity index (χ2n) is 4.33. The van der Waals surface area contributed by atoms with Crippen molar-refractivity contribution in [3.05, 3.63) is 35.9 Å². The van der Waals surface area contributed by atoms with Gasteiger partial charge in [0.05, 0.1) is 18.8 Å². The van der Waals surface area contributed by atoms with E-state index >= 15 is 0 Å². The third-order valence-corrected chi connectivity index (χ3v) is 3.00. The van der Waals surface area contributed by atoms with Gasteiger partial charge in [0, 0.05) is 25.6 Å². The Labute approximate surface area is 108 Å². The number of hydrogen-bond donors (Lipinski definition) is 2. The normalized spacial score (nSPS) is 14.2. The average molecular weight is 248 g/mol. The fourth-order valence-corrected chi connectivity index (χ4v) is 1.91. The van der Waals surface area contributed by atoms with Crippen molar-refractivity contribution in [3.63, 3.8) is 0 Å². The molecule has 0 saturated carbocycles. The molecule has 0 fully saturated rings. The molecule has 18 heavy (non-hydrogen) atoms. The highest BCUT2D eigenvalue weighted by molar-refractivity contribution is 5.18. The Bertz CT molecular complexity index is 375. The highest BCUT2D eigenvalue weighted by atomic mass is 16.3. The van der Waals surface area contributed by atoms with Crippen molar-refractivity contribution >= 4 is 0 Å². The van der Waals surface area contributed by atoms with Gasteiger partial charge in [-0.05, 0) is 12.5 Å². The van der Waals surface area contributed by atoms with Gasteiger partial charge >= 0.3 is 0 Å². The Kier molecular flexibility index (Phi) is 6.37. The zero-order valence-corrected chi connectivity index (χ0v) is 10.7. The lowest BCUT2D eigenvalue weighted by molar-refractivity contribution is 0.0474. The third-order valence-electron chi connectivity index (χ3n) is 3.00. The van der Waals surface area contributed by atoms with E-state index in [9.17, 15) is 5.11 Å². The van der Waals surface area contributed by atoms with Crippen molar-refractivity contribution in [3.8, 4) is 6.07 Å². The monoisotopic (exact) mass is 248 g/mol. The molecule has 1 aromatic rings. The minimum absolute atomic E-state index is 0.112. The van der Waals surface area contributed by atoms with Crippen LogP contribution in [0.1, 0.15) is 24.9 Å². The summed E-state index contributed by atoms with van der Waals surface area (Å²) in [6.07, 6.45) is -0.357. The summed E-state index contributed by atoms with van der Waals surface area (Å²) < 4.78 is 0. The van der Waals surface area contributed by atoms with Crippen LogP contribution >= 0.6 is 0 Å². The fraction of sp³-hybridized carbons (Fsp3) is 0.500. The number of aliphatic hydroxyl groups is 2. The summed E-state index contributed by atoms with van der Waals surface area (Å²) in [6, 6.07) is 12.2. The predicted molar refractivity (Wildman–Crippen MR) is 69.8 cm³/mol. The molecular formula is C14H20N2O2. The molecule has 0 saturated heterocycles. The number of rotatable bonds is 7. The standard InChI is InChI=1S/C14H20N2O2/c1-12(13-6-3-2-4-7-13)16(9-5-8-15)10-14(18)11-17/h2-4,6-7,12,14,17-18H,5,9-11H2,1H3/t12-,14?/m0/s1. The van der Waals surface area contributed by atoms with Gasteiger partial charge < -0.3 is 10.2 Å². The van der Waals surface area contributed by atoms with Crippen LogP contribution < -0.4 is 0 Å². The van der Waals surface area contributed by atoms with E-state index < -0.39 is 6.10 Å². The SMILES string of the molecule is C[C@@H](c1ccccc1)N(CCC#N)CC(O)CO. The molecule has 2 N–H and O–H groups in total. The molecule has 2 atom stereocenters. The topological polar surface area (TPSA) is 67.5 Å². The molecule has 0 heterocycles. The highest BCUT2D eigenvalue weighted by Crippen LogP contribution is 2.20. The van der Waals surface area contributed by atoms with Crippen LogP contribution in [0.3, 0.4) is 0 Å². The number of nitriles is 1.